The molecule has 0 atom stereocenters. The van der Waals surface area contributed by atoms with Crippen LogP contribution in [0.2, 0.25) is 0 Å². The van der Waals surface area contributed by atoms with Crippen LogP contribution < -0.4 is 5.32 Å². The van der Waals surface area contributed by atoms with Gasteiger partial charge in [0.1, 0.15) is 16.5 Å². The largest absolute Gasteiger partial charge is 0.369 e. The van der Waals surface area contributed by atoms with Gasteiger partial charge in [0.25, 0.3) is 5.91 Å². The highest BCUT2D eigenvalue weighted by Crippen LogP contribution is 2.25. The summed E-state index contributed by atoms with van der Waals surface area (Å²) in [6.07, 6.45) is 1.64. The second-order valence-electron chi connectivity index (χ2n) is 6.06. The van der Waals surface area contributed by atoms with Crippen LogP contribution in [0.5, 0.6) is 0 Å². The Bertz CT molecular complexity index is 888. The molecule has 0 fully saturated rings. The Balaban J connectivity index is 1.70. The Labute approximate surface area is 151 Å². The van der Waals surface area contributed by atoms with E-state index in [1.165, 1.54) is 0 Å². The van der Waals surface area contributed by atoms with E-state index in [4.69, 9.17) is 0 Å². The van der Waals surface area contributed by atoms with Gasteiger partial charge in [-0.05, 0) is 35.6 Å². The normalized spacial score (nSPS) is 10.8. The van der Waals surface area contributed by atoms with E-state index in [-0.39, 0.29) is 5.91 Å². The molecule has 6 heteroatoms. The molecular weight excluding hydrogens is 332 g/mol. The fourth-order valence-electron chi connectivity index (χ4n) is 2.64. The summed E-state index contributed by atoms with van der Waals surface area (Å²) in [6, 6.07) is 9.85. The predicted molar refractivity (Wildman–Crippen MR) is 103 cm³/mol. The minimum atomic E-state index is 0.0261. The molecule has 0 aliphatic carbocycles. The number of hydrogen-bond acceptors (Lipinski definition) is 5. The van der Waals surface area contributed by atoms with Crippen molar-refractivity contribution in [2.75, 3.05) is 26.0 Å². The highest BCUT2D eigenvalue weighted by Gasteiger charge is 2.09. The molecule has 0 saturated carbocycles. The highest BCUT2D eigenvalue weighted by molar-refractivity contribution is 7.16. The van der Waals surface area contributed by atoms with E-state index in [9.17, 15) is 4.79 Å². The first-order chi connectivity index (χ1) is 12.1. The van der Waals surface area contributed by atoms with Crippen molar-refractivity contribution in [2.45, 2.75) is 19.8 Å². The fraction of sp³-hybridized carbons (Fsp3) is 0.316. The van der Waals surface area contributed by atoms with Gasteiger partial charge >= 0.3 is 0 Å². The number of carbonyl (C=O) groups is 1. The van der Waals surface area contributed by atoms with Gasteiger partial charge in [-0.2, -0.15) is 0 Å². The summed E-state index contributed by atoms with van der Waals surface area (Å²) in [5, 5.41) is 6.54. The van der Waals surface area contributed by atoms with Crippen molar-refractivity contribution in [3.63, 3.8) is 0 Å². The van der Waals surface area contributed by atoms with Crippen LogP contribution in [-0.4, -0.2) is 41.4 Å². The number of fused-ring (bicyclic) bond motifs is 1. The van der Waals surface area contributed by atoms with E-state index in [1.54, 1.807) is 30.3 Å². The summed E-state index contributed by atoms with van der Waals surface area (Å²) in [4.78, 5) is 23.9. The van der Waals surface area contributed by atoms with Crippen molar-refractivity contribution in [1.29, 1.82) is 0 Å². The van der Waals surface area contributed by atoms with E-state index in [2.05, 4.69) is 28.3 Å². The molecular formula is C19H22N4OS. The topological polar surface area (TPSA) is 58.1 Å². The van der Waals surface area contributed by atoms with E-state index >= 15 is 0 Å². The van der Waals surface area contributed by atoms with Crippen LogP contribution in [0.25, 0.3) is 10.2 Å². The van der Waals surface area contributed by atoms with E-state index < -0.39 is 0 Å². The average Bonchev–Trinajstić information content (AvgIpc) is 3.09. The summed E-state index contributed by atoms with van der Waals surface area (Å²) in [7, 11) is 3.53. The molecule has 25 heavy (non-hydrogen) atoms. The number of anilines is 1. The molecule has 1 aromatic carbocycles. The maximum absolute atomic E-state index is 12.1. The maximum atomic E-state index is 12.1. The zero-order valence-corrected chi connectivity index (χ0v) is 15.6. The van der Waals surface area contributed by atoms with Crippen LogP contribution in [-0.2, 0) is 12.8 Å². The molecule has 5 nitrogen and oxygen atoms in total. The molecule has 0 aliphatic heterocycles. The summed E-state index contributed by atoms with van der Waals surface area (Å²) >= 11 is 1.64. The fourth-order valence-corrected chi connectivity index (χ4v) is 3.42. The first-order valence-electron chi connectivity index (χ1n) is 8.37. The maximum Gasteiger partial charge on any atom is 0.253 e. The molecule has 0 saturated heterocycles. The van der Waals surface area contributed by atoms with Crippen molar-refractivity contribution >= 4 is 33.3 Å². The lowest BCUT2D eigenvalue weighted by molar-refractivity contribution is 0.0827. The zero-order valence-electron chi connectivity index (χ0n) is 14.7. The van der Waals surface area contributed by atoms with Gasteiger partial charge in [0.2, 0.25) is 0 Å². The minimum Gasteiger partial charge on any atom is -0.369 e. The van der Waals surface area contributed by atoms with E-state index in [1.807, 2.05) is 29.6 Å². The first kappa shape index (κ1) is 17.4. The van der Waals surface area contributed by atoms with Crippen LogP contribution >= 0.6 is 11.3 Å². The summed E-state index contributed by atoms with van der Waals surface area (Å²) in [5.74, 6) is 1.78. The first-order valence-corrected chi connectivity index (χ1v) is 9.25. The number of benzene rings is 1. The Morgan fingerprint density at radius 3 is 2.84 bits per heavy atom. The number of nitrogens with one attached hydrogen (secondary N) is 1. The van der Waals surface area contributed by atoms with Gasteiger partial charge < -0.3 is 10.2 Å². The van der Waals surface area contributed by atoms with Gasteiger partial charge in [-0.3, -0.25) is 4.79 Å². The van der Waals surface area contributed by atoms with Crippen LogP contribution in [0, 0.1) is 0 Å². The second kappa shape index (κ2) is 7.61. The molecule has 0 radical (unpaired) electrons. The van der Waals surface area contributed by atoms with Gasteiger partial charge in [0.15, 0.2) is 0 Å². The Hall–Kier alpha value is -2.47. The summed E-state index contributed by atoms with van der Waals surface area (Å²) in [6.45, 7) is 2.82. The third-order valence-corrected chi connectivity index (χ3v) is 4.78. The number of thiophene rings is 1. The van der Waals surface area contributed by atoms with Crippen LogP contribution in [0.15, 0.2) is 35.7 Å². The Morgan fingerprint density at radius 2 is 2.08 bits per heavy atom. The molecule has 1 amide bonds. The molecule has 3 aromatic rings. The molecule has 0 unspecified atom stereocenters. The lowest BCUT2D eigenvalue weighted by Crippen LogP contribution is -2.21. The summed E-state index contributed by atoms with van der Waals surface area (Å²) < 4.78 is 0. The lowest BCUT2D eigenvalue weighted by Gasteiger charge is -2.12. The van der Waals surface area contributed by atoms with Crippen molar-refractivity contribution in [3.8, 4) is 0 Å². The number of rotatable bonds is 6. The molecule has 0 bridgehead atoms. The molecule has 0 spiro atoms. The van der Waals surface area contributed by atoms with Gasteiger partial charge in [-0.1, -0.05) is 19.1 Å². The van der Waals surface area contributed by atoms with E-state index in [0.717, 1.165) is 52.4 Å². The van der Waals surface area contributed by atoms with Gasteiger partial charge in [0.05, 0.1) is 5.39 Å². The van der Waals surface area contributed by atoms with E-state index in [0.29, 0.717) is 0 Å². The van der Waals surface area contributed by atoms with Crippen molar-refractivity contribution in [3.05, 3.63) is 52.7 Å². The van der Waals surface area contributed by atoms with Gasteiger partial charge in [0, 0.05) is 32.6 Å². The van der Waals surface area contributed by atoms with Crippen molar-refractivity contribution in [2.24, 2.45) is 0 Å². The third kappa shape index (κ3) is 3.96. The molecule has 2 heterocycles. The predicted octanol–water partition coefficient (Wildman–Crippen LogP) is 3.61. The van der Waals surface area contributed by atoms with Gasteiger partial charge in [-0.15, -0.1) is 11.3 Å². The standard InChI is InChI=1S/C19H22N4OS/c1-4-16-21-17(15-9-11-25-18(15)22-16)20-10-8-13-6-5-7-14(12-13)19(24)23(2)3/h5-7,9,11-12H,4,8,10H2,1-3H3,(H,20,21,22). The number of hydrogen-bond donors (Lipinski definition) is 1. The van der Waals surface area contributed by atoms with Crippen LogP contribution in [0.3, 0.4) is 0 Å². The monoisotopic (exact) mass is 354 g/mol. The molecule has 130 valence electrons. The molecule has 2 aromatic heterocycles. The smallest absolute Gasteiger partial charge is 0.253 e. The lowest BCUT2D eigenvalue weighted by atomic mass is 10.1. The number of nitrogens with zero attached hydrogens (tertiary/aromatic N) is 3. The molecule has 0 aliphatic rings. The Morgan fingerprint density at radius 1 is 1.24 bits per heavy atom. The van der Waals surface area contributed by atoms with Crippen molar-refractivity contribution in [1.82, 2.24) is 14.9 Å². The zero-order chi connectivity index (χ0) is 17.8. The van der Waals surface area contributed by atoms with Crippen LogP contribution in [0.4, 0.5) is 5.82 Å². The second-order valence-corrected chi connectivity index (χ2v) is 6.95. The summed E-state index contributed by atoms with van der Waals surface area (Å²) in [5.41, 5.74) is 1.85. The number of aryl methyl sites for hydroxylation is 1. The number of aromatic nitrogens is 2. The number of carbonyl (C=O) groups excluding carboxylic acids is 1. The third-order valence-electron chi connectivity index (χ3n) is 3.97. The van der Waals surface area contributed by atoms with Crippen LogP contribution in [0.1, 0.15) is 28.7 Å². The minimum absolute atomic E-state index is 0.0261. The van der Waals surface area contributed by atoms with Crippen molar-refractivity contribution < 1.29 is 4.79 Å². The Kier molecular flexibility index (Phi) is 5.28. The highest BCUT2D eigenvalue weighted by atomic mass is 32.1. The molecule has 3 rings (SSSR count). The average molecular weight is 354 g/mol. The molecule has 1 N–H and O–H groups in total. The number of amides is 1. The van der Waals surface area contributed by atoms with Gasteiger partial charge in [-0.25, -0.2) is 9.97 Å². The quantitative estimate of drug-likeness (QED) is 0.735. The SMILES string of the molecule is CCc1nc(NCCc2cccc(C(=O)N(C)C)c2)c2ccsc2n1.